The fourth-order valence-corrected chi connectivity index (χ4v) is 4.17. The van der Waals surface area contributed by atoms with Gasteiger partial charge in [0.25, 0.3) is 11.7 Å². The Morgan fingerprint density at radius 3 is 2.44 bits per heavy atom. The molecule has 1 aromatic heterocycles. The standard InChI is InChI=1S/C27H27NO6/c1-5-33-20-13-12-16(15-17(20)27(2,3)4)24(30)22-23(21-11-8-14-34-21)28(26(32)25(22)31)18-9-6-7-10-19(18)29/h6-15,23,29-30H,5H2,1-4H3/b24-22-. The van der Waals surface area contributed by atoms with Gasteiger partial charge in [-0.25, -0.2) is 0 Å². The first-order valence-electron chi connectivity index (χ1n) is 11.0. The quantitative estimate of drug-likeness (QED) is 0.304. The van der Waals surface area contributed by atoms with Gasteiger partial charge in [0, 0.05) is 11.1 Å². The number of carbonyl (C=O) groups is 2. The van der Waals surface area contributed by atoms with Crippen molar-refractivity contribution in [2.45, 2.75) is 39.2 Å². The van der Waals surface area contributed by atoms with Crippen LogP contribution in [0.25, 0.3) is 5.76 Å². The van der Waals surface area contributed by atoms with Gasteiger partial charge in [0.15, 0.2) is 0 Å². The van der Waals surface area contributed by atoms with Gasteiger partial charge in [0.1, 0.15) is 29.1 Å². The van der Waals surface area contributed by atoms with Crippen LogP contribution in [-0.2, 0) is 15.0 Å². The predicted molar refractivity (Wildman–Crippen MR) is 128 cm³/mol. The van der Waals surface area contributed by atoms with Gasteiger partial charge in [-0.15, -0.1) is 0 Å². The summed E-state index contributed by atoms with van der Waals surface area (Å²) in [6, 6.07) is 13.6. The number of benzene rings is 2. The molecule has 34 heavy (non-hydrogen) atoms. The Kier molecular flexibility index (Phi) is 5.96. The molecule has 0 saturated carbocycles. The number of carbonyl (C=O) groups excluding carboxylic acids is 2. The summed E-state index contributed by atoms with van der Waals surface area (Å²) in [7, 11) is 0. The van der Waals surface area contributed by atoms with Gasteiger partial charge in [-0.2, -0.15) is 0 Å². The van der Waals surface area contributed by atoms with Crippen LogP contribution in [0.2, 0.25) is 0 Å². The molecule has 0 radical (unpaired) electrons. The van der Waals surface area contributed by atoms with Gasteiger partial charge in [0.05, 0.1) is 24.1 Å². The topological polar surface area (TPSA) is 100 Å². The van der Waals surface area contributed by atoms with E-state index in [1.54, 1.807) is 42.5 Å². The summed E-state index contributed by atoms with van der Waals surface area (Å²) in [5.74, 6) is -1.27. The monoisotopic (exact) mass is 461 g/mol. The van der Waals surface area contributed by atoms with Crippen LogP contribution in [0.5, 0.6) is 11.5 Å². The van der Waals surface area contributed by atoms with Gasteiger partial charge in [-0.05, 0) is 54.8 Å². The van der Waals surface area contributed by atoms with E-state index in [9.17, 15) is 19.8 Å². The molecule has 7 heteroatoms. The number of aromatic hydroxyl groups is 1. The van der Waals surface area contributed by atoms with Crippen LogP contribution in [0.15, 0.2) is 70.9 Å². The van der Waals surface area contributed by atoms with Crippen molar-refractivity contribution in [3.05, 3.63) is 83.3 Å². The second-order valence-corrected chi connectivity index (χ2v) is 9.07. The molecule has 1 amide bonds. The molecule has 0 bridgehead atoms. The van der Waals surface area contributed by atoms with Crippen LogP contribution in [0.1, 0.15) is 50.6 Å². The van der Waals surface area contributed by atoms with Crippen molar-refractivity contribution in [2.24, 2.45) is 0 Å². The predicted octanol–water partition coefficient (Wildman–Crippen LogP) is 5.31. The lowest BCUT2D eigenvalue weighted by atomic mass is 9.84. The van der Waals surface area contributed by atoms with E-state index < -0.39 is 17.7 Å². The average Bonchev–Trinajstić information content (AvgIpc) is 3.41. The number of phenols is 1. The van der Waals surface area contributed by atoms with Crippen LogP contribution >= 0.6 is 0 Å². The van der Waals surface area contributed by atoms with E-state index in [1.165, 1.54) is 18.4 Å². The number of furan rings is 1. The minimum atomic E-state index is -1.05. The first-order valence-corrected chi connectivity index (χ1v) is 11.0. The summed E-state index contributed by atoms with van der Waals surface area (Å²) in [4.78, 5) is 27.5. The number of amides is 1. The molecule has 1 fully saturated rings. The molecule has 1 aliphatic rings. The van der Waals surface area contributed by atoms with Crippen molar-refractivity contribution < 1.29 is 29.0 Å². The second kappa shape index (κ2) is 8.74. The summed E-state index contributed by atoms with van der Waals surface area (Å²) in [5.41, 5.74) is 0.950. The highest BCUT2D eigenvalue weighted by Crippen LogP contribution is 2.45. The molecular formula is C27H27NO6. The molecule has 3 aromatic rings. The Morgan fingerprint density at radius 2 is 1.82 bits per heavy atom. The van der Waals surface area contributed by atoms with Crippen molar-refractivity contribution in [2.75, 3.05) is 11.5 Å². The number of rotatable bonds is 5. The molecule has 2 N–H and O–H groups in total. The Bertz CT molecular complexity index is 1270. The van der Waals surface area contributed by atoms with Crippen LogP contribution in [-0.4, -0.2) is 28.5 Å². The normalized spacial score (nSPS) is 17.9. The SMILES string of the molecule is CCOc1ccc(/C(O)=C2/C(=O)C(=O)N(c3ccccc3O)C2c2ccco2)cc1C(C)(C)C. The van der Waals surface area contributed by atoms with Crippen LogP contribution < -0.4 is 9.64 Å². The molecule has 4 rings (SSSR count). The van der Waals surface area contributed by atoms with E-state index >= 15 is 0 Å². The van der Waals surface area contributed by atoms with Crippen LogP contribution in [0, 0.1) is 0 Å². The lowest BCUT2D eigenvalue weighted by molar-refractivity contribution is -0.132. The molecule has 2 aromatic carbocycles. The molecular weight excluding hydrogens is 434 g/mol. The molecule has 7 nitrogen and oxygen atoms in total. The lowest BCUT2D eigenvalue weighted by Gasteiger charge is -2.25. The fourth-order valence-electron chi connectivity index (χ4n) is 4.17. The van der Waals surface area contributed by atoms with Crippen molar-refractivity contribution in [1.29, 1.82) is 0 Å². The highest BCUT2D eigenvalue weighted by atomic mass is 16.5. The maximum atomic E-state index is 13.2. The second-order valence-electron chi connectivity index (χ2n) is 9.07. The third-order valence-electron chi connectivity index (χ3n) is 5.76. The van der Waals surface area contributed by atoms with Gasteiger partial charge < -0.3 is 19.4 Å². The smallest absolute Gasteiger partial charge is 0.300 e. The number of Topliss-reactive ketones (excluding diaryl/α,β-unsaturated/α-hetero) is 1. The zero-order valence-corrected chi connectivity index (χ0v) is 19.5. The number of ketones is 1. The van der Waals surface area contributed by atoms with Gasteiger partial charge in [0.2, 0.25) is 0 Å². The highest BCUT2D eigenvalue weighted by Gasteiger charge is 2.49. The number of ether oxygens (including phenoxy) is 1. The maximum Gasteiger partial charge on any atom is 0.300 e. The zero-order valence-electron chi connectivity index (χ0n) is 19.5. The largest absolute Gasteiger partial charge is 0.507 e. The highest BCUT2D eigenvalue weighted by molar-refractivity contribution is 6.51. The fraction of sp³-hybridized carbons (Fsp3) is 0.259. The van der Waals surface area contributed by atoms with Crippen molar-refractivity contribution in [3.63, 3.8) is 0 Å². The van der Waals surface area contributed by atoms with Gasteiger partial charge >= 0.3 is 0 Å². The van der Waals surface area contributed by atoms with Crippen LogP contribution in [0.4, 0.5) is 5.69 Å². The third kappa shape index (κ3) is 3.94. The van der Waals surface area contributed by atoms with E-state index in [-0.39, 0.29) is 33.9 Å². The number of para-hydroxylation sites is 2. The molecule has 2 heterocycles. The molecule has 0 aliphatic carbocycles. The van der Waals surface area contributed by atoms with Crippen molar-refractivity contribution in [1.82, 2.24) is 0 Å². The number of nitrogens with zero attached hydrogens (tertiary/aromatic N) is 1. The van der Waals surface area contributed by atoms with Crippen LogP contribution in [0.3, 0.4) is 0 Å². The molecule has 1 saturated heterocycles. The van der Waals surface area contributed by atoms with E-state index in [2.05, 4.69) is 0 Å². The minimum Gasteiger partial charge on any atom is -0.507 e. The molecule has 0 spiro atoms. The van der Waals surface area contributed by atoms with Crippen molar-refractivity contribution in [3.8, 4) is 11.5 Å². The Balaban J connectivity index is 1.93. The minimum absolute atomic E-state index is 0.118. The Morgan fingerprint density at radius 1 is 1.09 bits per heavy atom. The summed E-state index contributed by atoms with van der Waals surface area (Å²) in [6.45, 7) is 8.45. The number of aliphatic hydroxyl groups is 1. The van der Waals surface area contributed by atoms with E-state index in [0.29, 0.717) is 17.9 Å². The Labute approximate surface area is 197 Å². The van der Waals surface area contributed by atoms with Gasteiger partial charge in [-0.1, -0.05) is 32.9 Å². The molecule has 1 unspecified atom stereocenters. The third-order valence-corrected chi connectivity index (χ3v) is 5.76. The zero-order chi connectivity index (χ0) is 24.6. The Hall–Kier alpha value is -4.00. The number of anilines is 1. The summed E-state index contributed by atoms with van der Waals surface area (Å²) in [6.07, 6.45) is 1.43. The summed E-state index contributed by atoms with van der Waals surface area (Å²) in [5, 5.41) is 21.8. The first-order chi connectivity index (χ1) is 16.1. The molecule has 1 atom stereocenters. The van der Waals surface area contributed by atoms with Gasteiger partial charge in [-0.3, -0.25) is 14.5 Å². The summed E-state index contributed by atoms with van der Waals surface area (Å²) >= 11 is 0. The first kappa shape index (κ1) is 23.2. The lowest BCUT2D eigenvalue weighted by Crippen LogP contribution is -2.29. The number of hydrogen-bond donors (Lipinski definition) is 2. The number of aliphatic hydroxyl groups excluding tert-OH is 1. The van der Waals surface area contributed by atoms with Crippen molar-refractivity contribution >= 4 is 23.1 Å². The molecule has 1 aliphatic heterocycles. The maximum absolute atomic E-state index is 13.2. The van der Waals surface area contributed by atoms with E-state index in [1.807, 2.05) is 27.7 Å². The van der Waals surface area contributed by atoms with E-state index in [4.69, 9.17) is 9.15 Å². The number of phenolic OH excluding ortho intramolecular Hbond substituents is 1. The van der Waals surface area contributed by atoms with E-state index in [0.717, 1.165) is 10.5 Å². The summed E-state index contributed by atoms with van der Waals surface area (Å²) < 4.78 is 11.3. The molecule has 176 valence electrons. The average molecular weight is 462 g/mol. The number of hydrogen-bond acceptors (Lipinski definition) is 6.